The van der Waals surface area contributed by atoms with Crippen LogP contribution in [-0.4, -0.2) is 16.2 Å². The van der Waals surface area contributed by atoms with E-state index in [2.05, 4.69) is 37.9 Å². The molecule has 0 fully saturated rings. The smallest absolute Gasteiger partial charge is 0.225 e. The maximum atomic E-state index is 5.87. The van der Waals surface area contributed by atoms with Gasteiger partial charge < -0.3 is 5.32 Å². The van der Waals surface area contributed by atoms with E-state index in [1.54, 1.807) is 6.21 Å². The van der Waals surface area contributed by atoms with E-state index in [4.69, 9.17) is 11.6 Å². The zero-order valence-corrected chi connectivity index (χ0v) is 14.5. The molecule has 2 aromatic carbocycles. The van der Waals surface area contributed by atoms with Crippen LogP contribution in [-0.2, 0) is 6.54 Å². The largest absolute Gasteiger partial charge is 0.350 e. The van der Waals surface area contributed by atoms with Gasteiger partial charge in [-0.3, -0.25) is 5.43 Å². The van der Waals surface area contributed by atoms with Gasteiger partial charge in [0.25, 0.3) is 0 Å². The lowest BCUT2D eigenvalue weighted by Crippen LogP contribution is -2.06. The summed E-state index contributed by atoms with van der Waals surface area (Å²) in [6.07, 6.45) is 1.71. The lowest BCUT2D eigenvalue weighted by molar-refractivity contribution is 1.02. The van der Waals surface area contributed by atoms with E-state index < -0.39 is 0 Å². The Kier molecular flexibility index (Phi) is 5.59. The number of aryl methyl sites for hydroxylation is 1. The number of halogens is 1. The highest BCUT2D eigenvalue weighted by molar-refractivity contribution is 6.30. The summed E-state index contributed by atoms with van der Waals surface area (Å²) in [5.41, 5.74) is 5.91. The van der Waals surface area contributed by atoms with Gasteiger partial charge in [0.15, 0.2) is 5.82 Å². The van der Waals surface area contributed by atoms with Crippen LogP contribution in [0.1, 0.15) is 16.8 Å². The SMILES string of the molecule is Cc1cc(NN=Cc2ccc(Cl)cc2)nc(NCc2ccccc2)n1. The van der Waals surface area contributed by atoms with Gasteiger partial charge in [0, 0.05) is 23.3 Å². The summed E-state index contributed by atoms with van der Waals surface area (Å²) in [7, 11) is 0. The molecule has 0 amide bonds. The molecule has 1 aromatic heterocycles. The summed E-state index contributed by atoms with van der Waals surface area (Å²) < 4.78 is 0. The highest BCUT2D eigenvalue weighted by Gasteiger charge is 2.01. The second-order valence-electron chi connectivity index (χ2n) is 5.48. The molecule has 126 valence electrons. The van der Waals surface area contributed by atoms with Crippen molar-refractivity contribution in [1.82, 2.24) is 9.97 Å². The predicted octanol–water partition coefficient (Wildman–Crippen LogP) is 4.50. The van der Waals surface area contributed by atoms with E-state index >= 15 is 0 Å². The first-order chi connectivity index (χ1) is 12.2. The van der Waals surface area contributed by atoms with Crippen LogP contribution in [0, 0.1) is 6.92 Å². The average Bonchev–Trinajstić information content (AvgIpc) is 2.62. The topological polar surface area (TPSA) is 62.2 Å². The highest BCUT2D eigenvalue weighted by Crippen LogP contribution is 2.11. The number of rotatable bonds is 6. The Hall–Kier alpha value is -2.92. The van der Waals surface area contributed by atoms with Crippen molar-refractivity contribution in [2.45, 2.75) is 13.5 Å². The molecule has 0 atom stereocenters. The van der Waals surface area contributed by atoms with Gasteiger partial charge in [-0.15, -0.1) is 0 Å². The second kappa shape index (κ2) is 8.26. The number of benzene rings is 2. The number of hydrogen-bond donors (Lipinski definition) is 2. The molecule has 3 aromatic rings. The molecule has 6 heteroatoms. The first-order valence-electron chi connectivity index (χ1n) is 7.87. The zero-order chi connectivity index (χ0) is 17.5. The van der Waals surface area contributed by atoms with Crippen molar-refractivity contribution >= 4 is 29.6 Å². The van der Waals surface area contributed by atoms with Crippen LogP contribution in [0.2, 0.25) is 5.02 Å². The van der Waals surface area contributed by atoms with Crippen molar-refractivity contribution in [3.63, 3.8) is 0 Å². The summed E-state index contributed by atoms with van der Waals surface area (Å²) in [5, 5.41) is 8.13. The fourth-order valence-corrected chi connectivity index (χ4v) is 2.33. The minimum absolute atomic E-state index is 0.563. The van der Waals surface area contributed by atoms with Crippen molar-refractivity contribution in [1.29, 1.82) is 0 Å². The Morgan fingerprint density at radius 1 is 1.04 bits per heavy atom. The van der Waals surface area contributed by atoms with Crippen molar-refractivity contribution < 1.29 is 0 Å². The molecular formula is C19H18ClN5. The van der Waals surface area contributed by atoms with E-state index in [-0.39, 0.29) is 0 Å². The molecule has 0 aliphatic heterocycles. The molecule has 0 aliphatic carbocycles. The normalized spacial score (nSPS) is 10.8. The molecule has 3 rings (SSSR count). The molecule has 25 heavy (non-hydrogen) atoms. The van der Waals surface area contributed by atoms with Crippen molar-refractivity contribution in [3.05, 3.63) is 82.5 Å². The Bertz CT molecular complexity index is 847. The molecule has 1 heterocycles. The van der Waals surface area contributed by atoms with Gasteiger partial charge in [-0.05, 0) is 30.2 Å². The Morgan fingerprint density at radius 3 is 2.56 bits per heavy atom. The predicted molar refractivity (Wildman–Crippen MR) is 103 cm³/mol. The van der Waals surface area contributed by atoms with Crippen LogP contribution >= 0.6 is 11.6 Å². The zero-order valence-electron chi connectivity index (χ0n) is 13.8. The van der Waals surface area contributed by atoms with Gasteiger partial charge in [0.05, 0.1) is 6.21 Å². The van der Waals surface area contributed by atoms with E-state index in [1.165, 1.54) is 5.56 Å². The minimum atomic E-state index is 0.563. The quantitative estimate of drug-likeness (QED) is 0.507. The van der Waals surface area contributed by atoms with E-state index in [0.29, 0.717) is 23.3 Å². The Labute approximate surface area is 151 Å². The monoisotopic (exact) mass is 351 g/mol. The molecule has 0 radical (unpaired) electrons. The summed E-state index contributed by atoms with van der Waals surface area (Å²) in [5.74, 6) is 1.20. The third-order valence-electron chi connectivity index (χ3n) is 3.41. The van der Waals surface area contributed by atoms with Gasteiger partial charge in [-0.1, -0.05) is 54.1 Å². The van der Waals surface area contributed by atoms with Gasteiger partial charge in [0.2, 0.25) is 5.95 Å². The molecule has 0 spiro atoms. The molecule has 2 N–H and O–H groups in total. The van der Waals surface area contributed by atoms with Crippen LogP contribution in [0.25, 0.3) is 0 Å². The number of anilines is 2. The lowest BCUT2D eigenvalue weighted by atomic mass is 10.2. The third kappa shape index (κ3) is 5.29. The molecular weight excluding hydrogens is 334 g/mol. The lowest BCUT2D eigenvalue weighted by Gasteiger charge is -2.08. The summed E-state index contributed by atoms with van der Waals surface area (Å²) >= 11 is 5.87. The first-order valence-corrected chi connectivity index (χ1v) is 8.25. The number of hydrogen-bond acceptors (Lipinski definition) is 5. The number of nitrogens with zero attached hydrogens (tertiary/aromatic N) is 3. The molecule has 0 aliphatic rings. The second-order valence-corrected chi connectivity index (χ2v) is 5.92. The van der Waals surface area contributed by atoms with Gasteiger partial charge in [-0.25, -0.2) is 4.98 Å². The fraction of sp³-hybridized carbons (Fsp3) is 0.105. The van der Waals surface area contributed by atoms with Gasteiger partial charge in [0.1, 0.15) is 0 Å². The van der Waals surface area contributed by atoms with Crippen molar-refractivity contribution in [3.8, 4) is 0 Å². The Balaban J connectivity index is 1.63. The van der Waals surface area contributed by atoms with E-state index in [0.717, 1.165) is 11.3 Å². The fourth-order valence-electron chi connectivity index (χ4n) is 2.20. The van der Waals surface area contributed by atoms with Crippen LogP contribution in [0.5, 0.6) is 0 Å². The van der Waals surface area contributed by atoms with E-state index in [1.807, 2.05) is 55.5 Å². The average molecular weight is 352 g/mol. The maximum Gasteiger partial charge on any atom is 0.225 e. The summed E-state index contributed by atoms with van der Waals surface area (Å²) in [6.45, 7) is 2.58. The molecule has 0 saturated heterocycles. The number of nitrogens with one attached hydrogen (secondary N) is 2. The number of hydrazone groups is 1. The van der Waals surface area contributed by atoms with E-state index in [9.17, 15) is 0 Å². The molecule has 5 nitrogen and oxygen atoms in total. The highest BCUT2D eigenvalue weighted by atomic mass is 35.5. The van der Waals surface area contributed by atoms with Crippen LogP contribution in [0.3, 0.4) is 0 Å². The van der Waals surface area contributed by atoms with Gasteiger partial charge >= 0.3 is 0 Å². The standard InChI is InChI=1S/C19H18ClN5/c1-14-11-18(25-22-13-16-7-9-17(20)10-8-16)24-19(23-14)21-12-15-5-3-2-4-6-15/h2-11,13H,12H2,1H3,(H2,21,23,24,25). The van der Waals surface area contributed by atoms with Crippen LogP contribution < -0.4 is 10.7 Å². The summed E-state index contributed by atoms with van der Waals surface area (Å²) in [6, 6.07) is 19.4. The molecule has 0 bridgehead atoms. The number of aromatic nitrogens is 2. The first kappa shape index (κ1) is 16.9. The molecule has 0 saturated carbocycles. The molecule has 0 unspecified atom stereocenters. The minimum Gasteiger partial charge on any atom is -0.350 e. The maximum absolute atomic E-state index is 5.87. The van der Waals surface area contributed by atoms with Crippen LogP contribution in [0.15, 0.2) is 65.8 Å². The van der Waals surface area contributed by atoms with Gasteiger partial charge in [-0.2, -0.15) is 10.1 Å². The van der Waals surface area contributed by atoms with Crippen molar-refractivity contribution in [2.75, 3.05) is 10.7 Å². The van der Waals surface area contributed by atoms with Crippen LogP contribution in [0.4, 0.5) is 11.8 Å². The Morgan fingerprint density at radius 2 is 1.80 bits per heavy atom. The van der Waals surface area contributed by atoms with Crippen molar-refractivity contribution in [2.24, 2.45) is 5.10 Å². The third-order valence-corrected chi connectivity index (χ3v) is 3.66. The summed E-state index contributed by atoms with van der Waals surface area (Å²) in [4.78, 5) is 8.82.